The Morgan fingerprint density at radius 1 is 1.33 bits per heavy atom. The lowest BCUT2D eigenvalue weighted by atomic mass is 10.1. The van der Waals surface area contributed by atoms with Crippen LogP contribution in [-0.2, 0) is 6.18 Å². The molecule has 0 atom stereocenters. The second-order valence-electron chi connectivity index (χ2n) is 2.78. The molecule has 0 aliphatic carbocycles. The van der Waals surface area contributed by atoms with Crippen molar-refractivity contribution in [3.8, 4) is 0 Å². The molecule has 0 bridgehead atoms. The molecule has 1 aromatic heterocycles. The molecule has 0 saturated carbocycles. The number of nitrogens with zero attached hydrogens (tertiary/aromatic N) is 1. The summed E-state index contributed by atoms with van der Waals surface area (Å²) in [5, 5.41) is -0.678. The fourth-order valence-electron chi connectivity index (χ4n) is 1.17. The number of aryl methyl sites for hydroxylation is 1. The molecule has 0 amide bonds. The van der Waals surface area contributed by atoms with Crippen LogP contribution in [-0.4, -0.2) is 4.98 Å². The number of alkyl halides is 5. The maximum Gasteiger partial charge on any atom is 0.418 e. The summed E-state index contributed by atoms with van der Waals surface area (Å²) in [7, 11) is 0. The molecule has 0 radical (unpaired) electrons. The molecule has 0 fully saturated rings. The molecule has 0 aliphatic rings. The first-order valence-corrected chi connectivity index (χ1v) is 4.13. The maximum absolute atomic E-state index is 12.4. The van der Waals surface area contributed by atoms with Gasteiger partial charge in [-0.2, -0.15) is 13.2 Å². The van der Waals surface area contributed by atoms with Crippen molar-refractivity contribution in [2.24, 2.45) is 0 Å². The summed E-state index contributed by atoms with van der Waals surface area (Å²) in [6.45, 7) is 1.00. The van der Waals surface area contributed by atoms with Crippen LogP contribution < -0.4 is 0 Å². The van der Waals surface area contributed by atoms with Gasteiger partial charge in [-0.1, -0.05) is 11.6 Å². The van der Waals surface area contributed by atoms with Gasteiger partial charge in [-0.05, 0) is 6.92 Å². The van der Waals surface area contributed by atoms with Crippen molar-refractivity contribution in [1.29, 1.82) is 0 Å². The van der Waals surface area contributed by atoms with Crippen molar-refractivity contribution in [3.05, 3.63) is 28.0 Å². The smallest absolute Gasteiger partial charge is 0.259 e. The quantitative estimate of drug-likeness (QED) is 0.682. The SMILES string of the molecule is Cc1ncc(Cl)c(C(F)F)c1C(F)(F)F. The van der Waals surface area contributed by atoms with Gasteiger partial charge in [0, 0.05) is 6.20 Å². The van der Waals surface area contributed by atoms with Crippen LogP contribution in [0.5, 0.6) is 0 Å². The Labute approximate surface area is 86.9 Å². The molecule has 1 nitrogen and oxygen atoms in total. The Balaban J connectivity index is 3.53. The fraction of sp³-hybridized carbons (Fsp3) is 0.375. The van der Waals surface area contributed by atoms with E-state index in [2.05, 4.69) is 4.98 Å². The molecule has 0 aromatic carbocycles. The van der Waals surface area contributed by atoms with Gasteiger partial charge in [-0.3, -0.25) is 4.98 Å². The van der Waals surface area contributed by atoms with E-state index in [4.69, 9.17) is 11.6 Å². The highest BCUT2D eigenvalue weighted by Gasteiger charge is 2.39. The fourth-order valence-corrected chi connectivity index (χ4v) is 1.40. The van der Waals surface area contributed by atoms with Crippen LogP contribution in [0.15, 0.2) is 6.20 Å². The summed E-state index contributed by atoms with van der Waals surface area (Å²) in [5.74, 6) is 0. The lowest BCUT2D eigenvalue weighted by Gasteiger charge is -2.15. The molecule has 0 aliphatic heterocycles. The van der Waals surface area contributed by atoms with Crippen LogP contribution in [0.3, 0.4) is 0 Å². The highest BCUT2D eigenvalue weighted by molar-refractivity contribution is 6.31. The number of hydrogen-bond donors (Lipinski definition) is 0. The van der Waals surface area contributed by atoms with Crippen LogP contribution in [0.25, 0.3) is 0 Å². The summed E-state index contributed by atoms with van der Waals surface area (Å²) >= 11 is 5.26. The first kappa shape index (κ1) is 12.2. The van der Waals surface area contributed by atoms with E-state index < -0.39 is 34.4 Å². The Bertz CT molecular complexity index is 374. The van der Waals surface area contributed by atoms with Gasteiger partial charge in [0.15, 0.2) is 0 Å². The number of pyridine rings is 1. The van der Waals surface area contributed by atoms with E-state index >= 15 is 0 Å². The molecule has 1 aromatic rings. The number of rotatable bonds is 1. The van der Waals surface area contributed by atoms with Crippen LogP contribution in [0.4, 0.5) is 22.0 Å². The monoisotopic (exact) mass is 245 g/mol. The zero-order valence-electron chi connectivity index (χ0n) is 7.37. The van der Waals surface area contributed by atoms with Crippen molar-refractivity contribution in [2.75, 3.05) is 0 Å². The van der Waals surface area contributed by atoms with Gasteiger partial charge in [-0.25, -0.2) is 8.78 Å². The van der Waals surface area contributed by atoms with E-state index in [0.717, 1.165) is 13.1 Å². The summed E-state index contributed by atoms with van der Waals surface area (Å²) in [6, 6.07) is 0. The molecule has 0 spiro atoms. The highest BCUT2D eigenvalue weighted by atomic mass is 35.5. The summed E-state index contributed by atoms with van der Waals surface area (Å²) in [4.78, 5) is 3.30. The third-order valence-electron chi connectivity index (χ3n) is 1.76. The van der Waals surface area contributed by atoms with Crippen molar-refractivity contribution >= 4 is 11.6 Å². The average molecular weight is 246 g/mol. The minimum atomic E-state index is -4.88. The Hall–Kier alpha value is -0.910. The Kier molecular flexibility index (Phi) is 3.18. The van der Waals surface area contributed by atoms with Crippen LogP contribution in [0.2, 0.25) is 5.02 Å². The Morgan fingerprint density at radius 2 is 1.87 bits per heavy atom. The van der Waals surface area contributed by atoms with Gasteiger partial charge in [0.25, 0.3) is 6.43 Å². The first-order chi connectivity index (χ1) is 6.75. The summed E-state index contributed by atoms with van der Waals surface area (Å²) in [6.07, 6.45) is -7.38. The van der Waals surface area contributed by atoms with Gasteiger partial charge in [-0.15, -0.1) is 0 Å². The van der Waals surface area contributed by atoms with E-state index in [-0.39, 0.29) is 0 Å². The number of halogens is 6. The Morgan fingerprint density at radius 3 is 2.20 bits per heavy atom. The van der Waals surface area contributed by atoms with Gasteiger partial charge in [0.05, 0.1) is 21.8 Å². The molecule has 15 heavy (non-hydrogen) atoms. The highest BCUT2D eigenvalue weighted by Crippen LogP contribution is 2.40. The third kappa shape index (κ3) is 2.37. The average Bonchev–Trinajstić information content (AvgIpc) is 2.05. The van der Waals surface area contributed by atoms with Gasteiger partial charge in [0.1, 0.15) is 0 Å². The van der Waals surface area contributed by atoms with E-state index in [1.54, 1.807) is 0 Å². The lowest BCUT2D eigenvalue weighted by molar-refractivity contribution is -0.140. The van der Waals surface area contributed by atoms with Gasteiger partial charge >= 0.3 is 6.18 Å². The van der Waals surface area contributed by atoms with E-state index in [1.807, 2.05) is 0 Å². The zero-order chi connectivity index (χ0) is 11.8. The number of hydrogen-bond acceptors (Lipinski definition) is 1. The number of aromatic nitrogens is 1. The van der Waals surface area contributed by atoms with Crippen molar-refractivity contribution < 1.29 is 22.0 Å². The predicted molar refractivity (Wildman–Crippen MR) is 43.9 cm³/mol. The normalized spacial score (nSPS) is 12.3. The predicted octanol–water partition coefficient (Wildman–Crippen LogP) is 4.00. The second-order valence-corrected chi connectivity index (χ2v) is 3.19. The van der Waals surface area contributed by atoms with Crippen LogP contribution in [0, 0.1) is 6.92 Å². The van der Waals surface area contributed by atoms with Crippen LogP contribution >= 0.6 is 11.6 Å². The van der Waals surface area contributed by atoms with Crippen molar-refractivity contribution in [1.82, 2.24) is 4.98 Å². The molecular formula is C8H5ClF5N. The molecule has 0 unspecified atom stereocenters. The molecule has 0 saturated heterocycles. The minimum absolute atomic E-state index is 0.512. The molecular weight excluding hydrogens is 241 g/mol. The maximum atomic E-state index is 12.4. The summed E-state index contributed by atoms with van der Waals surface area (Å²) in [5.41, 5.74) is -3.18. The van der Waals surface area contributed by atoms with Crippen LogP contribution in [0.1, 0.15) is 23.2 Å². The molecule has 1 heterocycles. The van der Waals surface area contributed by atoms with Crippen molar-refractivity contribution in [3.63, 3.8) is 0 Å². The van der Waals surface area contributed by atoms with E-state index in [1.165, 1.54) is 0 Å². The van der Waals surface area contributed by atoms with E-state index in [0.29, 0.717) is 0 Å². The van der Waals surface area contributed by atoms with E-state index in [9.17, 15) is 22.0 Å². The largest absolute Gasteiger partial charge is 0.418 e. The topological polar surface area (TPSA) is 12.9 Å². The summed E-state index contributed by atoms with van der Waals surface area (Å²) < 4.78 is 62.0. The first-order valence-electron chi connectivity index (χ1n) is 3.75. The van der Waals surface area contributed by atoms with Crippen molar-refractivity contribution in [2.45, 2.75) is 19.5 Å². The lowest BCUT2D eigenvalue weighted by Crippen LogP contribution is -2.13. The molecule has 1 rings (SSSR count). The molecule has 0 N–H and O–H groups in total. The standard InChI is InChI=1S/C8H5ClF5N/c1-3-6(8(12,13)14)5(7(10)11)4(9)2-15-3/h2,7H,1H3. The second kappa shape index (κ2) is 3.92. The van der Waals surface area contributed by atoms with Gasteiger partial charge in [0.2, 0.25) is 0 Å². The molecule has 7 heteroatoms. The molecule has 84 valence electrons. The zero-order valence-corrected chi connectivity index (χ0v) is 8.13. The minimum Gasteiger partial charge on any atom is -0.259 e. The van der Waals surface area contributed by atoms with Gasteiger partial charge < -0.3 is 0 Å². The third-order valence-corrected chi connectivity index (χ3v) is 2.06.